The molecule has 0 radical (unpaired) electrons. The largest absolute Gasteiger partial charge is 0.311 e. The maximum atomic E-state index is 5.63. The van der Waals surface area contributed by atoms with Crippen molar-refractivity contribution in [2.75, 3.05) is 19.6 Å². The molecule has 0 aromatic rings. The number of hydrogen-bond acceptors (Lipinski definition) is 2. The van der Waals surface area contributed by atoms with Gasteiger partial charge in [0, 0.05) is 37.3 Å². The van der Waals surface area contributed by atoms with Crippen LogP contribution in [0.15, 0.2) is 11.6 Å². The van der Waals surface area contributed by atoms with Gasteiger partial charge in [0.05, 0.1) is 0 Å². The average Bonchev–Trinajstić information content (AvgIpc) is 2.24. The Kier molecular flexibility index (Phi) is 5.29. The fraction of sp³-hybridized carbons (Fsp3) is 0.846. The summed E-state index contributed by atoms with van der Waals surface area (Å²) in [6, 6.07) is 1.21. The van der Waals surface area contributed by atoms with Crippen molar-refractivity contribution in [2.45, 2.75) is 46.2 Å². The molecule has 0 amide bonds. The van der Waals surface area contributed by atoms with E-state index in [4.69, 9.17) is 11.6 Å². The van der Waals surface area contributed by atoms with Gasteiger partial charge in [-0.25, -0.2) is 0 Å². The lowest BCUT2D eigenvalue weighted by atomic mass is 9.83. The standard InChI is InChI=1S/C13H25ClN2/c1-5-11-10-16(8-6-7-14)12(9-15-11)13(2,3)4/h6-7,11-12,15H,5,8-10H2,1-4H3/b7-6+. The number of rotatable bonds is 3. The monoisotopic (exact) mass is 244 g/mol. The first-order chi connectivity index (χ1) is 7.49. The van der Waals surface area contributed by atoms with Gasteiger partial charge in [-0.05, 0) is 11.8 Å². The van der Waals surface area contributed by atoms with E-state index in [2.05, 4.69) is 37.9 Å². The Hall–Kier alpha value is -0.0500. The third kappa shape index (κ3) is 3.76. The van der Waals surface area contributed by atoms with Crippen molar-refractivity contribution < 1.29 is 0 Å². The second-order valence-electron chi connectivity index (χ2n) is 5.71. The van der Waals surface area contributed by atoms with E-state index < -0.39 is 0 Å². The summed E-state index contributed by atoms with van der Waals surface area (Å²) in [6.45, 7) is 12.3. The Labute approximate surface area is 105 Å². The van der Waals surface area contributed by atoms with E-state index in [-0.39, 0.29) is 0 Å². The van der Waals surface area contributed by atoms with Gasteiger partial charge in [-0.1, -0.05) is 45.4 Å². The SMILES string of the molecule is CCC1CN(C/C=C/Cl)C(C(C)(C)C)CN1. The highest BCUT2D eigenvalue weighted by atomic mass is 35.5. The van der Waals surface area contributed by atoms with Gasteiger partial charge >= 0.3 is 0 Å². The van der Waals surface area contributed by atoms with Crippen LogP contribution >= 0.6 is 11.6 Å². The molecule has 0 aromatic carbocycles. The van der Waals surface area contributed by atoms with Gasteiger partial charge in [0.15, 0.2) is 0 Å². The Morgan fingerprint density at radius 2 is 2.12 bits per heavy atom. The average molecular weight is 245 g/mol. The molecule has 94 valence electrons. The van der Waals surface area contributed by atoms with E-state index >= 15 is 0 Å². The number of nitrogens with one attached hydrogen (secondary N) is 1. The molecule has 1 saturated heterocycles. The molecule has 3 heteroatoms. The molecule has 0 spiro atoms. The van der Waals surface area contributed by atoms with Crippen molar-refractivity contribution >= 4 is 11.6 Å². The molecule has 2 unspecified atom stereocenters. The minimum Gasteiger partial charge on any atom is -0.311 e. The number of hydrogen-bond donors (Lipinski definition) is 1. The summed E-state index contributed by atoms with van der Waals surface area (Å²) >= 11 is 5.63. The highest BCUT2D eigenvalue weighted by Gasteiger charge is 2.34. The molecule has 1 aliphatic rings. The van der Waals surface area contributed by atoms with Crippen molar-refractivity contribution in [1.29, 1.82) is 0 Å². The van der Waals surface area contributed by atoms with Gasteiger partial charge in [-0.2, -0.15) is 0 Å². The van der Waals surface area contributed by atoms with Crippen LogP contribution in [0.1, 0.15) is 34.1 Å². The van der Waals surface area contributed by atoms with Crippen molar-refractivity contribution in [1.82, 2.24) is 10.2 Å². The predicted octanol–water partition coefficient (Wildman–Crippen LogP) is 2.84. The van der Waals surface area contributed by atoms with Gasteiger partial charge in [-0.3, -0.25) is 4.90 Å². The summed E-state index contributed by atoms with van der Waals surface area (Å²) in [5, 5.41) is 3.63. The van der Waals surface area contributed by atoms with Crippen LogP contribution in [0.5, 0.6) is 0 Å². The second-order valence-corrected chi connectivity index (χ2v) is 5.96. The molecule has 0 bridgehead atoms. The lowest BCUT2D eigenvalue weighted by molar-refractivity contribution is 0.0651. The Morgan fingerprint density at radius 3 is 2.62 bits per heavy atom. The van der Waals surface area contributed by atoms with E-state index in [0.717, 1.165) is 19.6 Å². The van der Waals surface area contributed by atoms with E-state index in [0.29, 0.717) is 17.5 Å². The highest BCUT2D eigenvalue weighted by molar-refractivity contribution is 6.25. The Balaban J connectivity index is 2.67. The molecule has 1 rings (SSSR count). The van der Waals surface area contributed by atoms with Crippen LogP contribution in [0.3, 0.4) is 0 Å². The normalized spacial score (nSPS) is 28.8. The summed E-state index contributed by atoms with van der Waals surface area (Å²) in [4.78, 5) is 2.55. The molecule has 0 aliphatic carbocycles. The van der Waals surface area contributed by atoms with Crippen molar-refractivity contribution in [3.8, 4) is 0 Å². The second kappa shape index (κ2) is 6.04. The van der Waals surface area contributed by atoms with Crippen LogP contribution in [0, 0.1) is 5.41 Å². The molecule has 0 aromatic heterocycles. The van der Waals surface area contributed by atoms with Gasteiger partial charge in [0.25, 0.3) is 0 Å². The third-order valence-electron chi connectivity index (χ3n) is 3.42. The maximum Gasteiger partial charge on any atom is 0.0273 e. The summed E-state index contributed by atoms with van der Waals surface area (Å²) in [6.07, 6.45) is 3.23. The van der Waals surface area contributed by atoms with E-state index in [1.165, 1.54) is 6.42 Å². The van der Waals surface area contributed by atoms with Crippen LogP contribution in [0.4, 0.5) is 0 Å². The number of nitrogens with zero attached hydrogens (tertiary/aromatic N) is 1. The minimum atomic E-state index is 0.311. The van der Waals surface area contributed by atoms with Gasteiger partial charge in [0.2, 0.25) is 0 Å². The van der Waals surface area contributed by atoms with E-state index in [1.807, 2.05) is 6.08 Å². The van der Waals surface area contributed by atoms with Crippen molar-refractivity contribution in [2.24, 2.45) is 5.41 Å². The first-order valence-electron chi connectivity index (χ1n) is 6.21. The summed E-state index contributed by atoms with van der Waals surface area (Å²) in [5.74, 6) is 0. The van der Waals surface area contributed by atoms with Crippen molar-refractivity contribution in [3.63, 3.8) is 0 Å². The molecule has 16 heavy (non-hydrogen) atoms. The van der Waals surface area contributed by atoms with Gasteiger partial charge in [0.1, 0.15) is 0 Å². The Morgan fingerprint density at radius 1 is 1.44 bits per heavy atom. The summed E-state index contributed by atoms with van der Waals surface area (Å²) < 4.78 is 0. The fourth-order valence-electron chi connectivity index (χ4n) is 2.39. The smallest absolute Gasteiger partial charge is 0.0273 e. The molecule has 0 saturated carbocycles. The van der Waals surface area contributed by atoms with Crippen molar-refractivity contribution in [3.05, 3.63) is 11.6 Å². The molecule has 1 fully saturated rings. The Bertz CT molecular complexity index is 233. The summed E-state index contributed by atoms with van der Waals surface area (Å²) in [7, 11) is 0. The maximum absolute atomic E-state index is 5.63. The van der Waals surface area contributed by atoms with Gasteiger partial charge in [-0.15, -0.1) is 0 Å². The van der Waals surface area contributed by atoms with Crippen LogP contribution in [0.25, 0.3) is 0 Å². The molecule has 1 N–H and O–H groups in total. The molecular weight excluding hydrogens is 220 g/mol. The zero-order valence-corrected chi connectivity index (χ0v) is 11.7. The first-order valence-corrected chi connectivity index (χ1v) is 6.65. The topological polar surface area (TPSA) is 15.3 Å². The summed E-state index contributed by atoms with van der Waals surface area (Å²) in [5.41, 5.74) is 1.94. The first kappa shape index (κ1) is 14.0. The lowest BCUT2D eigenvalue weighted by Gasteiger charge is -2.46. The predicted molar refractivity (Wildman–Crippen MR) is 71.9 cm³/mol. The lowest BCUT2D eigenvalue weighted by Crippen LogP contribution is -2.60. The highest BCUT2D eigenvalue weighted by Crippen LogP contribution is 2.26. The zero-order chi connectivity index (χ0) is 12.2. The van der Waals surface area contributed by atoms with E-state index in [9.17, 15) is 0 Å². The number of halogens is 1. The van der Waals surface area contributed by atoms with Crippen LogP contribution in [0.2, 0.25) is 0 Å². The van der Waals surface area contributed by atoms with E-state index in [1.54, 1.807) is 5.54 Å². The van der Waals surface area contributed by atoms with Gasteiger partial charge < -0.3 is 5.32 Å². The van der Waals surface area contributed by atoms with Crippen LogP contribution in [-0.4, -0.2) is 36.6 Å². The molecule has 1 heterocycles. The zero-order valence-electron chi connectivity index (χ0n) is 11.0. The minimum absolute atomic E-state index is 0.311. The molecule has 2 nitrogen and oxygen atoms in total. The third-order valence-corrected chi connectivity index (χ3v) is 3.60. The number of piperazine rings is 1. The fourth-order valence-corrected chi connectivity index (χ4v) is 2.47. The quantitative estimate of drug-likeness (QED) is 0.822. The molecular formula is C13H25ClN2. The molecule has 1 aliphatic heterocycles. The molecule has 2 atom stereocenters. The van der Waals surface area contributed by atoms with Crippen LogP contribution in [-0.2, 0) is 0 Å². The van der Waals surface area contributed by atoms with Crippen LogP contribution < -0.4 is 5.32 Å².